The summed E-state index contributed by atoms with van der Waals surface area (Å²) >= 11 is 0. The summed E-state index contributed by atoms with van der Waals surface area (Å²) in [6.07, 6.45) is 4.34. The number of methoxy groups -OCH3 is 1. The van der Waals surface area contributed by atoms with Gasteiger partial charge in [-0.1, -0.05) is 24.3 Å². The van der Waals surface area contributed by atoms with Gasteiger partial charge in [-0.3, -0.25) is 19.1 Å². The molecule has 0 aliphatic heterocycles. The summed E-state index contributed by atoms with van der Waals surface area (Å²) in [6.45, 7) is 1.88. The topological polar surface area (TPSA) is 124 Å². The number of nitrogens with one attached hydrogen (secondary N) is 2. The van der Waals surface area contributed by atoms with Gasteiger partial charge in [-0.05, 0) is 68.5 Å². The molecule has 1 saturated carbocycles. The zero-order valence-corrected chi connectivity index (χ0v) is 24.1. The van der Waals surface area contributed by atoms with Crippen LogP contribution in [0.1, 0.15) is 62.6 Å². The number of amides is 2. The molecule has 0 bridgehead atoms. The third-order valence-electron chi connectivity index (χ3n) is 7.54. The molecule has 2 aromatic carbocycles. The molecule has 2 N–H and O–H groups in total. The predicted molar refractivity (Wildman–Crippen MR) is 157 cm³/mol. The maximum atomic E-state index is 14.2. The van der Waals surface area contributed by atoms with E-state index in [1.807, 2.05) is 19.1 Å². The molecule has 1 fully saturated rings. The molecule has 43 heavy (non-hydrogen) atoms. The first-order valence-corrected chi connectivity index (χ1v) is 13.9. The van der Waals surface area contributed by atoms with E-state index in [4.69, 9.17) is 9.47 Å². The molecule has 0 radical (unpaired) electrons. The predicted octanol–water partition coefficient (Wildman–Crippen LogP) is 5.01. The molecule has 2 heterocycles. The molecule has 5 rings (SSSR count). The summed E-state index contributed by atoms with van der Waals surface area (Å²) in [5, 5.41) is 10.2. The summed E-state index contributed by atoms with van der Waals surface area (Å²) in [6, 6.07) is 14.9. The van der Waals surface area contributed by atoms with Crippen molar-refractivity contribution in [1.29, 1.82) is 0 Å². The summed E-state index contributed by atoms with van der Waals surface area (Å²) in [5.74, 6) is -0.647. The lowest BCUT2D eigenvalue weighted by Gasteiger charge is -2.29. The van der Waals surface area contributed by atoms with Gasteiger partial charge in [-0.2, -0.15) is 5.10 Å². The zero-order valence-electron chi connectivity index (χ0n) is 24.1. The minimum atomic E-state index is -0.669. The number of benzene rings is 2. The van der Waals surface area contributed by atoms with Crippen LogP contribution in [0.5, 0.6) is 17.4 Å². The largest absolute Gasteiger partial charge is 0.495 e. The van der Waals surface area contributed by atoms with Gasteiger partial charge in [0, 0.05) is 30.4 Å². The number of carbonyl (C=O) groups is 3. The standard InChI is InChI=1S/C32H32FN5O5/c1-19-14-28(37-38(19)2)31(41)36-24-12-10-23(11-13-24)35-30(40)27-16-22(33)17-34-32(27)43-25-8-4-6-20(15-25)26-9-5-7-21(18-39)29(26)42-3/h4-9,14-18,23-24H,10-13H2,1-3H3,(H,35,40)(H,36,41)/t23-,24-. The van der Waals surface area contributed by atoms with Crippen molar-refractivity contribution < 1.29 is 28.2 Å². The fourth-order valence-corrected chi connectivity index (χ4v) is 5.19. The Hall–Kier alpha value is -5.06. The lowest BCUT2D eigenvalue weighted by molar-refractivity contribution is 0.0887. The second-order valence-corrected chi connectivity index (χ2v) is 10.5. The first-order chi connectivity index (χ1) is 20.7. The van der Waals surface area contributed by atoms with E-state index in [1.54, 1.807) is 48.1 Å². The Balaban J connectivity index is 1.25. The summed E-state index contributed by atoms with van der Waals surface area (Å²) in [4.78, 5) is 41.4. The Labute approximate surface area is 248 Å². The van der Waals surface area contributed by atoms with Crippen LogP contribution in [0.25, 0.3) is 11.1 Å². The Bertz CT molecular complexity index is 1640. The van der Waals surface area contributed by atoms with E-state index in [1.165, 1.54) is 7.11 Å². The van der Waals surface area contributed by atoms with Gasteiger partial charge in [0.1, 0.15) is 28.6 Å². The number of nitrogens with zero attached hydrogens (tertiary/aromatic N) is 3. The number of pyridine rings is 1. The molecule has 0 atom stereocenters. The van der Waals surface area contributed by atoms with Crippen LogP contribution in [-0.4, -0.2) is 52.1 Å². The lowest BCUT2D eigenvalue weighted by atomic mass is 9.91. The SMILES string of the molecule is COc1c(C=O)cccc1-c1cccc(Oc2ncc(F)cc2C(=O)N[C@H]2CC[C@H](NC(=O)c3cc(C)n(C)n3)CC2)c1. The smallest absolute Gasteiger partial charge is 0.272 e. The fourth-order valence-electron chi connectivity index (χ4n) is 5.19. The normalized spacial score (nSPS) is 16.3. The van der Waals surface area contributed by atoms with Gasteiger partial charge in [0.05, 0.1) is 18.9 Å². The molecule has 0 saturated heterocycles. The number of carbonyl (C=O) groups excluding carboxylic acids is 3. The van der Waals surface area contributed by atoms with Crippen molar-refractivity contribution in [3.63, 3.8) is 0 Å². The van der Waals surface area contributed by atoms with Gasteiger partial charge < -0.3 is 20.1 Å². The number of aromatic nitrogens is 3. The van der Waals surface area contributed by atoms with Crippen LogP contribution < -0.4 is 20.1 Å². The highest BCUT2D eigenvalue weighted by Crippen LogP contribution is 2.35. The van der Waals surface area contributed by atoms with Crippen molar-refractivity contribution in [3.8, 4) is 28.5 Å². The highest BCUT2D eigenvalue weighted by atomic mass is 19.1. The molecule has 2 aromatic heterocycles. The molecule has 0 spiro atoms. The maximum absolute atomic E-state index is 14.2. The Morgan fingerprint density at radius 1 is 1.00 bits per heavy atom. The number of hydrogen-bond donors (Lipinski definition) is 2. The molecule has 1 aliphatic rings. The van der Waals surface area contributed by atoms with Gasteiger partial charge in [-0.25, -0.2) is 9.37 Å². The van der Waals surface area contributed by atoms with E-state index in [-0.39, 0.29) is 29.4 Å². The summed E-state index contributed by atoms with van der Waals surface area (Å²) < 4.78 is 27.3. The van der Waals surface area contributed by atoms with E-state index in [9.17, 15) is 18.8 Å². The van der Waals surface area contributed by atoms with Crippen LogP contribution in [0.4, 0.5) is 4.39 Å². The van der Waals surface area contributed by atoms with Crippen molar-refractivity contribution >= 4 is 18.1 Å². The van der Waals surface area contributed by atoms with Crippen molar-refractivity contribution in [3.05, 3.63) is 89.1 Å². The second-order valence-electron chi connectivity index (χ2n) is 10.5. The summed E-state index contributed by atoms with van der Waals surface area (Å²) in [7, 11) is 3.28. The molecule has 2 amide bonds. The van der Waals surface area contributed by atoms with Crippen LogP contribution >= 0.6 is 0 Å². The number of aryl methyl sites for hydroxylation is 2. The van der Waals surface area contributed by atoms with Crippen LogP contribution in [-0.2, 0) is 7.05 Å². The van der Waals surface area contributed by atoms with E-state index < -0.39 is 11.7 Å². The van der Waals surface area contributed by atoms with Crippen LogP contribution in [0.2, 0.25) is 0 Å². The number of hydrogen-bond acceptors (Lipinski definition) is 7. The third-order valence-corrected chi connectivity index (χ3v) is 7.54. The molecule has 222 valence electrons. The van der Waals surface area contributed by atoms with E-state index in [0.717, 1.165) is 24.2 Å². The van der Waals surface area contributed by atoms with Crippen LogP contribution in [0.15, 0.2) is 60.8 Å². The monoisotopic (exact) mass is 585 g/mol. The minimum absolute atomic E-state index is 0.0316. The van der Waals surface area contributed by atoms with Crippen molar-refractivity contribution in [2.24, 2.45) is 7.05 Å². The molecule has 11 heteroatoms. The number of halogens is 1. The zero-order chi connectivity index (χ0) is 30.5. The molecular weight excluding hydrogens is 553 g/mol. The van der Waals surface area contributed by atoms with Crippen LogP contribution in [0.3, 0.4) is 0 Å². The molecule has 0 unspecified atom stereocenters. The second kappa shape index (κ2) is 12.8. The maximum Gasteiger partial charge on any atom is 0.272 e. The van der Waals surface area contributed by atoms with E-state index in [0.29, 0.717) is 59.6 Å². The van der Waals surface area contributed by atoms with E-state index >= 15 is 0 Å². The lowest BCUT2D eigenvalue weighted by Crippen LogP contribution is -2.44. The summed E-state index contributed by atoms with van der Waals surface area (Å²) in [5.41, 5.74) is 3.04. The quantitative estimate of drug-likeness (QED) is 0.265. The first-order valence-electron chi connectivity index (χ1n) is 13.9. The van der Waals surface area contributed by atoms with Gasteiger partial charge in [0.25, 0.3) is 11.8 Å². The average Bonchev–Trinajstić information content (AvgIpc) is 3.36. The Morgan fingerprint density at radius 3 is 2.35 bits per heavy atom. The number of rotatable bonds is 9. The Kier molecular flexibility index (Phi) is 8.79. The first kappa shape index (κ1) is 29.4. The number of aldehydes is 1. The van der Waals surface area contributed by atoms with E-state index in [2.05, 4.69) is 20.7 Å². The van der Waals surface area contributed by atoms with Crippen LogP contribution in [0, 0.1) is 12.7 Å². The molecule has 4 aromatic rings. The minimum Gasteiger partial charge on any atom is -0.495 e. The van der Waals surface area contributed by atoms with Gasteiger partial charge in [0.15, 0.2) is 6.29 Å². The average molecular weight is 586 g/mol. The van der Waals surface area contributed by atoms with Crippen molar-refractivity contribution in [1.82, 2.24) is 25.4 Å². The number of ether oxygens (including phenoxy) is 2. The highest BCUT2D eigenvalue weighted by Gasteiger charge is 2.26. The Morgan fingerprint density at radius 2 is 1.70 bits per heavy atom. The molecular formula is C32H32FN5O5. The van der Waals surface area contributed by atoms with Crippen molar-refractivity contribution in [2.45, 2.75) is 44.7 Å². The van der Waals surface area contributed by atoms with Gasteiger partial charge in [-0.15, -0.1) is 0 Å². The fraction of sp³-hybridized carbons (Fsp3) is 0.281. The van der Waals surface area contributed by atoms with Gasteiger partial charge >= 0.3 is 0 Å². The van der Waals surface area contributed by atoms with Gasteiger partial charge in [0.2, 0.25) is 5.88 Å². The number of para-hydroxylation sites is 1. The highest BCUT2D eigenvalue weighted by molar-refractivity contribution is 5.96. The molecule has 10 nitrogen and oxygen atoms in total. The molecule has 1 aliphatic carbocycles. The van der Waals surface area contributed by atoms with Crippen molar-refractivity contribution in [2.75, 3.05) is 7.11 Å². The third kappa shape index (κ3) is 6.72.